The first-order valence-electron chi connectivity index (χ1n) is 25.1. The molecule has 0 bridgehead atoms. The molecule has 0 radical (unpaired) electrons. The average molecular weight is 1140 g/mol. The molecule has 444 valence electrons. The number of nitrogens with zero attached hydrogens (tertiary/aromatic N) is 8. The van der Waals surface area contributed by atoms with Crippen LogP contribution in [0.5, 0.6) is 0 Å². The first-order valence-corrected chi connectivity index (χ1v) is 25.5. The Bertz CT molecular complexity index is 2450. The van der Waals surface area contributed by atoms with E-state index in [9.17, 15) is 52.4 Å². The van der Waals surface area contributed by atoms with Gasteiger partial charge in [0.25, 0.3) is 0 Å². The summed E-state index contributed by atoms with van der Waals surface area (Å²) in [7, 11) is 0. The maximum atomic E-state index is 14.1. The maximum Gasteiger partial charge on any atom is 0.351 e. The molecule has 19 atom stereocenters. The number of aliphatic hydroxyl groups excluding tert-OH is 7. The number of nitrogens with one attached hydrogen (secondary N) is 2. The molecule has 28 nitrogen and oxygen atoms in total. The van der Waals surface area contributed by atoms with Crippen LogP contribution < -0.4 is 50.6 Å². The van der Waals surface area contributed by atoms with Crippen molar-refractivity contribution in [2.24, 2.45) is 10.7 Å². The number of rotatable bonds is 8. The molecule has 6 aliphatic rings. The van der Waals surface area contributed by atoms with Crippen molar-refractivity contribution in [2.45, 2.75) is 179 Å². The fourth-order valence-corrected chi connectivity index (χ4v) is 8.47. The minimum Gasteiger partial charge on any atom is -0.394 e. The molecule has 0 aliphatic carbocycles. The van der Waals surface area contributed by atoms with Crippen LogP contribution in [0.3, 0.4) is 0 Å². The number of aliphatic hydroxyl groups is 7. The second-order valence-corrected chi connectivity index (χ2v) is 17.3. The zero-order chi connectivity index (χ0) is 59.0. The van der Waals surface area contributed by atoms with Gasteiger partial charge in [-0.2, -0.15) is 15.0 Å². The number of nitrogen functional groups attached to an aromatic ring is 3. The number of halogens is 5. The van der Waals surface area contributed by atoms with Gasteiger partial charge in [0, 0.05) is 24.2 Å². The SMILES string of the molecule is CC.CC.CC.CCC1OC(n2ccc(N)nc2=O)C([18F])C1O.Cc1cn(C2OC(CO)C(O)C2[18F])c(=O)nc1N.N[C@@H]1NC(Cl)=N[C@H]2[C@@H]1NCN2[C@H]1OC(CO)[C@H](O)C1[18F].Nc1ccn(C2OC(CO)C(O)C2[18F])c(=O)n1. The molecule has 0 aromatic carbocycles. The maximum absolute atomic E-state index is 14.1. The summed E-state index contributed by atoms with van der Waals surface area (Å²) >= 11 is 5.85. The van der Waals surface area contributed by atoms with Crippen molar-refractivity contribution in [3.8, 4) is 0 Å². The Morgan fingerprint density at radius 3 is 1.40 bits per heavy atom. The van der Waals surface area contributed by atoms with Gasteiger partial charge in [-0.25, -0.2) is 41.8 Å². The van der Waals surface area contributed by atoms with Crippen LogP contribution in [-0.2, 0) is 18.9 Å². The summed E-state index contributed by atoms with van der Waals surface area (Å²) in [6.45, 7) is 14.2. The second kappa shape index (κ2) is 31.1. The Balaban J connectivity index is 0.000000265. The molecule has 5 fully saturated rings. The monoisotopic (exact) mass is 1140 g/mol. The molecule has 6 aliphatic heterocycles. The van der Waals surface area contributed by atoms with Gasteiger partial charge in [0.1, 0.15) is 72.6 Å². The number of amidine groups is 1. The fourth-order valence-electron chi connectivity index (χ4n) is 8.25. The van der Waals surface area contributed by atoms with Crippen molar-refractivity contribution < 1.29 is 72.3 Å². The summed E-state index contributed by atoms with van der Waals surface area (Å²) in [5, 5.41) is 71.0. The summed E-state index contributed by atoms with van der Waals surface area (Å²) in [5.74, 6) is 0.134. The minimum atomic E-state index is -1.82. The second-order valence-electron chi connectivity index (χ2n) is 16.9. The summed E-state index contributed by atoms with van der Waals surface area (Å²) < 4.78 is 79.1. The Morgan fingerprint density at radius 1 is 0.641 bits per heavy atom. The van der Waals surface area contributed by atoms with E-state index in [0.29, 0.717) is 18.7 Å². The molecule has 17 N–H and O–H groups in total. The number of aliphatic imine (C=N–C) groups is 1. The topological polar surface area (TPSA) is 427 Å². The molecule has 0 amide bonds. The van der Waals surface area contributed by atoms with Crippen LogP contribution in [0.25, 0.3) is 0 Å². The van der Waals surface area contributed by atoms with Crippen LogP contribution in [0.15, 0.2) is 50.1 Å². The van der Waals surface area contributed by atoms with E-state index in [2.05, 4.69) is 30.6 Å². The Labute approximate surface area is 450 Å². The van der Waals surface area contributed by atoms with E-state index < -0.39 is 148 Å². The number of nitrogens with two attached hydrogens (primary N) is 4. The molecule has 78 heavy (non-hydrogen) atoms. The molecule has 3 aromatic heterocycles. The van der Waals surface area contributed by atoms with Crippen LogP contribution in [0.4, 0.5) is 35.0 Å². The van der Waals surface area contributed by atoms with Crippen LogP contribution in [0.1, 0.15) is 79.1 Å². The number of alkyl halides is 4. The van der Waals surface area contributed by atoms with E-state index in [1.807, 2.05) is 41.5 Å². The zero-order valence-corrected chi connectivity index (χ0v) is 44.9. The Hall–Kier alpha value is -5.04. The van der Waals surface area contributed by atoms with E-state index in [4.69, 9.17) is 68.8 Å². The third kappa shape index (κ3) is 15.4. The van der Waals surface area contributed by atoms with Gasteiger partial charge in [-0.15, -0.1) is 0 Å². The lowest BCUT2D eigenvalue weighted by molar-refractivity contribution is -0.0927. The summed E-state index contributed by atoms with van der Waals surface area (Å²) in [6, 6.07) is 2.46. The molecule has 3 aromatic rings. The highest BCUT2D eigenvalue weighted by molar-refractivity contribution is 6.64. The van der Waals surface area contributed by atoms with Crippen molar-refractivity contribution in [3.05, 3.63) is 67.7 Å². The quantitative estimate of drug-likeness (QED) is 0.0818. The third-order valence-electron chi connectivity index (χ3n) is 12.2. The van der Waals surface area contributed by atoms with Crippen molar-refractivity contribution in [2.75, 3.05) is 43.7 Å². The van der Waals surface area contributed by atoms with E-state index in [0.717, 1.165) is 13.7 Å². The van der Waals surface area contributed by atoms with Gasteiger partial charge in [-0.1, -0.05) is 48.5 Å². The lowest BCUT2D eigenvalue weighted by Crippen LogP contribution is -2.60. The number of ether oxygens (including phenoxy) is 4. The van der Waals surface area contributed by atoms with E-state index in [1.165, 1.54) is 30.7 Å². The Kier molecular flexibility index (Phi) is 26.8. The third-order valence-corrected chi connectivity index (χ3v) is 12.4. The molecule has 9 rings (SSSR count). The molecule has 0 spiro atoms. The molecular formula is C45H75ClF4N14O14. The molecule has 9 heterocycles. The van der Waals surface area contributed by atoms with Gasteiger partial charge in [-0.05, 0) is 37.1 Å². The highest BCUT2D eigenvalue weighted by Crippen LogP contribution is 2.35. The smallest absolute Gasteiger partial charge is 0.351 e. The van der Waals surface area contributed by atoms with Crippen molar-refractivity contribution in [1.29, 1.82) is 0 Å². The first kappa shape index (κ1) is 67.2. The average Bonchev–Trinajstić information content (AvgIpc) is 4.21. The molecule has 33 heteroatoms. The normalized spacial score (nSPS) is 34.4. The standard InChI is InChI=1S/C10H17ClFN5O3.C10H14FN3O4.C10H14FN3O3.C9H12FN3O4.3C2H6/c11-10-15-7(13)5-8(16-10)17(2-14-5)9-4(12)6(19)3(1-18)20-9;1-4-2-14(10(17)13-8(4)12)9-6(11)7(16)5(3-15)18-9;1-2-5-8(15)7(11)9(17-5)14-4-3-6(12)13-10(14)16;10-6-7(15)4(3-14)17-8(6)13-2-1-5(11)12-9(13)16;3*1-2/h3-9,14,18-19H,1-2,13H2,(H,15,16);2,5-7,9,15-16H,3H2,1H3,(H2,12,13,17);3-5,7-9,15H,2H2,1H3,(H2,12,13,16);1-2,4,6-8,14-15H,3H2,(H2,11,12,16);3*1-2H3/t3?,4?,5-,6+,7-,8-,9+;;;;;;/m1....../s1/i12-1;2*11-1;10-1;;;. The van der Waals surface area contributed by atoms with Gasteiger partial charge < -0.3 is 82.9 Å². The predicted molar refractivity (Wildman–Crippen MR) is 275 cm³/mol. The highest BCUT2D eigenvalue weighted by atomic mass is 35.5. The highest BCUT2D eigenvalue weighted by Gasteiger charge is 2.53. The van der Waals surface area contributed by atoms with E-state index >= 15 is 0 Å². The summed E-state index contributed by atoms with van der Waals surface area (Å²) in [6.07, 6.45) is -17.5. The van der Waals surface area contributed by atoms with Crippen molar-refractivity contribution in [3.63, 3.8) is 0 Å². The fraction of sp³-hybridized carbons (Fsp3) is 0.711. The van der Waals surface area contributed by atoms with Gasteiger partial charge in [0.2, 0.25) is 0 Å². The number of hydrogen-bond donors (Lipinski definition) is 13. The lowest BCUT2D eigenvalue weighted by Gasteiger charge is -2.34. The molecule has 0 saturated carbocycles. The zero-order valence-electron chi connectivity index (χ0n) is 44.2. The van der Waals surface area contributed by atoms with E-state index in [-0.39, 0.29) is 28.8 Å². The van der Waals surface area contributed by atoms with E-state index in [1.54, 1.807) is 18.7 Å². The first-order chi connectivity index (χ1) is 37.1. The number of fused-ring (bicyclic) bond motifs is 1. The van der Waals surface area contributed by atoms with Gasteiger partial charge in [0.15, 0.2) is 48.7 Å². The molecule has 14 unspecified atom stereocenters. The van der Waals surface area contributed by atoms with Crippen molar-refractivity contribution >= 4 is 34.3 Å². The van der Waals surface area contributed by atoms with Crippen molar-refractivity contribution in [1.82, 2.24) is 44.2 Å². The summed E-state index contributed by atoms with van der Waals surface area (Å²) in [4.78, 5) is 50.8. The minimum absolute atomic E-state index is 0.0129. The van der Waals surface area contributed by atoms with Crippen LogP contribution in [-0.4, -0.2) is 199 Å². The van der Waals surface area contributed by atoms with Gasteiger partial charge in [-0.3, -0.25) is 19.0 Å². The van der Waals surface area contributed by atoms with Gasteiger partial charge in [0.05, 0.1) is 44.8 Å². The predicted octanol–water partition coefficient (Wildman–Crippen LogP) is -2.51. The molecule has 5 saturated heterocycles. The molecular weight excluding hydrogens is 1070 g/mol. The van der Waals surface area contributed by atoms with Gasteiger partial charge >= 0.3 is 17.1 Å². The summed E-state index contributed by atoms with van der Waals surface area (Å²) in [5.41, 5.74) is 20.2. The number of aryl methyl sites for hydroxylation is 1. The number of aromatic nitrogens is 6. The lowest BCUT2D eigenvalue weighted by atomic mass is 10.1. The Morgan fingerprint density at radius 2 is 1.01 bits per heavy atom. The number of hydrogen-bond acceptors (Lipinski definition) is 25. The largest absolute Gasteiger partial charge is 0.394 e. The van der Waals surface area contributed by atoms with Crippen LogP contribution in [0.2, 0.25) is 0 Å². The van der Waals surface area contributed by atoms with Crippen LogP contribution in [0, 0.1) is 6.92 Å². The van der Waals surface area contributed by atoms with Crippen LogP contribution >= 0.6 is 11.6 Å². The number of anilines is 3.